The van der Waals surface area contributed by atoms with Crippen LogP contribution in [0.25, 0.3) is 0 Å². The molecule has 1 aliphatic carbocycles. The van der Waals surface area contributed by atoms with E-state index < -0.39 is 20.5 Å². The molecule has 1 aromatic rings. The van der Waals surface area contributed by atoms with Crippen LogP contribution in [0.2, 0.25) is 0 Å². The second-order valence-electron chi connectivity index (χ2n) is 5.04. The molecule has 0 aromatic heterocycles. The lowest BCUT2D eigenvalue weighted by atomic mass is 9.99. The molecule has 1 aromatic carbocycles. The van der Waals surface area contributed by atoms with Gasteiger partial charge in [-0.1, -0.05) is 19.1 Å². The highest BCUT2D eigenvalue weighted by Crippen LogP contribution is 2.61. The van der Waals surface area contributed by atoms with Crippen molar-refractivity contribution in [1.82, 2.24) is 0 Å². The third-order valence-electron chi connectivity index (χ3n) is 4.16. The Morgan fingerprint density at radius 1 is 1.21 bits per heavy atom. The van der Waals surface area contributed by atoms with Gasteiger partial charge >= 0.3 is 0 Å². The van der Waals surface area contributed by atoms with Crippen LogP contribution in [-0.4, -0.2) is 32.5 Å². The van der Waals surface area contributed by atoms with Crippen molar-refractivity contribution in [3.8, 4) is 0 Å². The average Bonchev–Trinajstić information content (AvgIpc) is 3.10. The van der Waals surface area contributed by atoms with Crippen LogP contribution in [-0.2, 0) is 9.84 Å². The summed E-state index contributed by atoms with van der Waals surface area (Å²) in [6, 6.07) is 5.90. The predicted molar refractivity (Wildman–Crippen MR) is 72.9 cm³/mol. The van der Waals surface area contributed by atoms with Gasteiger partial charge in [0.1, 0.15) is 5.82 Å². The highest BCUT2D eigenvalue weighted by molar-refractivity contribution is 7.92. The lowest BCUT2D eigenvalue weighted by Gasteiger charge is -2.12. The zero-order chi connectivity index (χ0) is 14.3. The molecular formula is C13H19FN2O2S. The Hall–Kier alpha value is -0.980. The van der Waals surface area contributed by atoms with E-state index in [2.05, 4.69) is 0 Å². The molecule has 0 radical (unpaired) electrons. The number of hydrogen-bond acceptors (Lipinski definition) is 4. The molecule has 2 rings (SSSR count). The molecule has 106 valence electrons. The third kappa shape index (κ3) is 2.17. The highest BCUT2D eigenvalue weighted by atomic mass is 32.2. The van der Waals surface area contributed by atoms with Crippen LogP contribution in [0, 0.1) is 11.2 Å². The molecule has 19 heavy (non-hydrogen) atoms. The highest BCUT2D eigenvalue weighted by Gasteiger charge is 2.68. The van der Waals surface area contributed by atoms with E-state index in [0.29, 0.717) is 0 Å². The van der Waals surface area contributed by atoms with Gasteiger partial charge in [-0.05, 0) is 17.7 Å². The van der Waals surface area contributed by atoms with Crippen LogP contribution in [0.4, 0.5) is 4.39 Å². The maximum Gasteiger partial charge on any atom is 0.154 e. The van der Waals surface area contributed by atoms with Crippen molar-refractivity contribution in [1.29, 1.82) is 0 Å². The molecule has 0 saturated heterocycles. The van der Waals surface area contributed by atoms with Gasteiger partial charge < -0.3 is 11.5 Å². The van der Waals surface area contributed by atoms with E-state index in [1.54, 1.807) is 19.1 Å². The normalized spacial score (nSPS) is 25.3. The molecular weight excluding hydrogens is 267 g/mol. The van der Waals surface area contributed by atoms with Gasteiger partial charge in [-0.2, -0.15) is 0 Å². The molecule has 0 bridgehead atoms. The first kappa shape index (κ1) is 14.4. The second kappa shape index (κ2) is 4.85. The smallest absolute Gasteiger partial charge is 0.154 e. The van der Waals surface area contributed by atoms with Gasteiger partial charge in [0.25, 0.3) is 0 Å². The van der Waals surface area contributed by atoms with E-state index in [1.807, 2.05) is 0 Å². The Kier molecular flexibility index (Phi) is 3.68. The SMILES string of the molecule is CCS(=O)(=O)[C@@H]1[C@H](c2ccc(F)cc2)C1(CN)CN. The first-order valence-electron chi connectivity index (χ1n) is 6.30. The van der Waals surface area contributed by atoms with Crippen molar-refractivity contribution in [2.24, 2.45) is 16.9 Å². The number of benzene rings is 1. The van der Waals surface area contributed by atoms with Crippen molar-refractivity contribution < 1.29 is 12.8 Å². The van der Waals surface area contributed by atoms with Crippen LogP contribution in [0.1, 0.15) is 18.4 Å². The first-order chi connectivity index (χ1) is 8.93. The Balaban J connectivity index is 2.42. The van der Waals surface area contributed by atoms with Crippen molar-refractivity contribution in [3.05, 3.63) is 35.6 Å². The molecule has 2 atom stereocenters. The van der Waals surface area contributed by atoms with Crippen LogP contribution < -0.4 is 11.5 Å². The van der Waals surface area contributed by atoms with Gasteiger partial charge in [0.05, 0.1) is 5.25 Å². The van der Waals surface area contributed by atoms with E-state index in [-0.39, 0.29) is 30.6 Å². The average molecular weight is 286 g/mol. The molecule has 1 fully saturated rings. The van der Waals surface area contributed by atoms with E-state index >= 15 is 0 Å². The fourth-order valence-corrected chi connectivity index (χ4v) is 5.12. The van der Waals surface area contributed by atoms with Crippen molar-refractivity contribution >= 4 is 9.84 Å². The fraction of sp³-hybridized carbons (Fsp3) is 0.538. The largest absolute Gasteiger partial charge is 0.330 e. The zero-order valence-corrected chi connectivity index (χ0v) is 11.7. The first-order valence-corrected chi connectivity index (χ1v) is 8.01. The monoisotopic (exact) mass is 286 g/mol. The number of sulfone groups is 1. The number of nitrogens with two attached hydrogens (primary N) is 2. The van der Waals surface area contributed by atoms with Crippen LogP contribution in [0.3, 0.4) is 0 Å². The van der Waals surface area contributed by atoms with Gasteiger partial charge in [0.2, 0.25) is 0 Å². The van der Waals surface area contributed by atoms with Gasteiger partial charge in [-0.3, -0.25) is 0 Å². The minimum Gasteiger partial charge on any atom is -0.330 e. The maximum absolute atomic E-state index is 13.0. The summed E-state index contributed by atoms with van der Waals surface area (Å²) in [7, 11) is -3.22. The molecule has 0 aliphatic heterocycles. The molecule has 0 amide bonds. The fourth-order valence-electron chi connectivity index (χ4n) is 2.94. The molecule has 4 N–H and O–H groups in total. The molecule has 0 heterocycles. The predicted octanol–water partition coefficient (Wildman–Crippen LogP) is 0.630. The van der Waals surface area contributed by atoms with Crippen molar-refractivity contribution in [2.45, 2.75) is 18.1 Å². The van der Waals surface area contributed by atoms with Gasteiger partial charge in [-0.25, -0.2) is 12.8 Å². The van der Waals surface area contributed by atoms with E-state index in [0.717, 1.165) is 5.56 Å². The van der Waals surface area contributed by atoms with Gasteiger partial charge in [0, 0.05) is 30.2 Å². The van der Waals surface area contributed by atoms with Crippen LogP contribution in [0.15, 0.2) is 24.3 Å². The van der Waals surface area contributed by atoms with Crippen LogP contribution >= 0.6 is 0 Å². The summed E-state index contributed by atoms with van der Waals surface area (Å²) < 4.78 is 37.3. The lowest BCUT2D eigenvalue weighted by molar-refractivity contribution is 0.510. The minimum absolute atomic E-state index is 0.0666. The number of rotatable bonds is 5. The Labute approximate surface area is 112 Å². The Morgan fingerprint density at radius 2 is 1.74 bits per heavy atom. The summed E-state index contributed by atoms with van der Waals surface area (Å²) in [6.07, 6.45) is 0. The Morgan fingerprint density at radius 3 is 2.16 bits per heavy atom. The van der Waals surface area contributed by atoms with Crippen molar-refractivity contribution in [3.63, 3.8) is 0 Å². The summed E-state index contributed by atoms with van der Waals surface area (Å²) in [5, 5.41) is -0.550. The minimum atomic E-state index is -3.22. The zero-order valence-electron chi connectivity index (χ0n) is 10.8. The van der Waals surface area contributed by atoms with Crippen LogP contribution in [0.5, 0.6) is 0 Å². The third-order valence-corrected chi connectivity index (χ3v) is 6.48. The molecule has 1 saturated carbocycles. The summed E-state index contributed by atoms with van der Waals surface area (Å²) >= 11 is 0. The second-order valence-corrected chi connectivity index (χ2v) is 7.45. The summed E-state index contributed by atoms with van der Waals surface area (Å²) in [5.41, 5.74) is 11.7. The molecule has 1 aliphatic rings. The number of halogens is 1. The lowest BCUT2D eigenvalue weighted by Crippen LogP contribution is -2.31. The summed E-state index contributed by atoms with van der Waals surface area (Å²) in [5.74, 6) is -0.504. The standard InChI is InChI=1S/C13H19FN2O2S/c1-2-19(17,18)12-11(13(12,7-15)8-16)9-3-5-10(14)6-4-9/h3-6,11-12H,2,7-8,15-16H2,1H3/t11-,12+/m0/s1. The topological polar surface area (TPSA) is 86.2 Å². The number of hydrogen-bond donors (Lipinski definition) is 2. The molecule has 0 unspecified atom stereocenters. The summed E-state index contributed by atoms with van der Waals surface area (Å²) in [6.45, 7) is 2.05. The van der Waals surface area contributed by atoms with E-state index in [4.69, 9.17) is 11.5 Å². The van der Waals surface area contributed by atoms with E-state index in [9.17, 15) is 12.8 Å². The van der Waals surface area contributed by atoms with Gasteiger partial charge in [-0.15, -0.1) is 0 Å². The van der Waals surface area contributed by atoms with E-state index in [1.165, 1.54) is 12.1 Å². The molecule has 4 nitrogen and oxygen atoms in total. The Bertz CT molecular complexity index is 553. The molecule has 0 spiro atoms. The quantitative estimate of drug-likeness (QED) is 0.831. The maximum atomic E-state index is 13.0. The van der Waals surface area contributed by atoms with Gasteiger partial charge in [0.15, 0.2) is 9.84 Å². The molecule has 6 heteroatoms. The summed E-state index contributed by atoms with van der Waals surface area (Å²) in [4.78, 5) is 0. The van der Waals surface area contributed by atoms with Crippen molar-refractivity contribution in [2.75, 3.05) is 18.8 Å².